The lowest BCUT2D eigenvalue weighted by Gasteiger charge is -2.42. The number of methoxy groups -OCH3 is 1. The summed E-state index contributed by atoms with van der Waals surface area (Å²) in [4.78, 5) is 0. The summed E-state index contributed by atoms with van der Waals surface area (Å²) in [7, 11) is 1.61. The maximum atomic E-state index is 10.2. The molecule has 0 aliphatic heterocycles. The summed E-state index contributed by atoms with van der Waals surface area (Å²) in [6, 6.07) is 3.51. The summed E-state index contributed by atoms with van der Waals surface area (Å²) < 4.78 is 6.03. The first kappa shape index (κ1) is 16.4. The van der Waals surface area contributed by atoms with E-state index >= 15 is 0 Å². The molecule has 116 valence electrons. The van der Waals surface area contributed by atoms with Crippen LogP contribution in [0.4, 0.5) is 0 Å². The molecule has 4 heteroatoms. The van der Waals surface area contributed by atoms with E-state index in [9.17, 15) is 10.2 Å². The molecule has 0 saturated heterocycles. The van der Waals surface area contributed by atoms with E-state index in [1.165, 1.54) is 0 Å². The van der Waals surface area contributed by atoms with E-state index in [0.717, 1.165) is 28.5 Å². The zero-order valence-electron chi connectivity index (χ0n) is 12.8. The summed E-state index contributed by atoms with van der Waals surface area (Å²) >= 11 is 3.37. The molecule has 1 fully saturated rings. The fourth-order valence-corrected chi connectivity index (χ4v) is 3.63. The Balaban J connectivity index is 2.33. The Labute approximate surface area is 134 Å². The van der Waals surface area contributed by atoms with Gasteiger partial charge in [-0.15, -0.1) is 0 Å². The van der Waals surface area contributed by atoms with Gasteiger partial charge in [0.25, 0.3) is 0 Å². The minimum atomic E-state index is -0.442. The summed E-state index contributed by atoms with van der Waals surface area (Å²) in [5.74, 6) is 1.08. The highest BCUT2D eigenvalue weighted by atomic mass is 79.9. The molecule has 0 aromatic heterocycles. The van der Waals surface area contributed by atoms with E-state index in [-0.39, 0.29) is 17.1 Å². The van der Waals surface area contributed by atoms with Crippen LogP contribution in [-0.2, 0) is 6.42 Å². The number of aliphatic hydroxyl groups is 1. The number of hydrogen-bond acceptors (Lipinski definition) is 3. The van der Waals surface area contributed by atoms with Crippen molar-refractivity contribution in [2.75, 3.05) is 7.11 Å². The van der Waals surface area contributed by atoms with E-state index in [1.54, 1.807) is 13.2 Å². The molecule has 0 amide bonds. The lowest BCUT2D eigenvalue weighted by atomic mass is 9.64. The second kappa shape index (κ2) is 6.01. The molecule has 1 aromatic rings. The highest BCUT2D eigenvalue weighted by molar-refractivity contribution is 9.10. The third kappa shape index (κ3) is 3.27. The summed E-state index contributed by atoms with van der Waals surface area (Å²) in [5.41, 5.74) is 1.75. The topological polar surface area (TPSA) is 49.7 Å². The first-order valence-corrected chi connectivity index (χ1v) is 7.97. The van der Waals surface area contributed by atoms with Crippen molar-refractivity contribution in [3.05, 3.63) is 34.3 Å². The van der Waals surface area contributed by atoms with Crippen molar-refractivity contribution >= 4 is 15.9 Å². The third-order valence-corrected chi connectivity index (χ3v) is 5.28. The molecule has 1 aromatic carbocycles. The maximum absolute atomic E-state index is 10.2. The highest BCUT2D eigenvalue weighted by Gasteiger charge is 2.38. The van der Waals surface area contributed by atoms with Crippen LogP contribution in [-0.4, -0.2) is 23.4 Å². The van der Waals surface area contributed by atoms with Gasteiger partial charge >= 0.3 is 0 Å². The van der Waals surface area contributed by atoms with Crippen molar-refractivity contribution < 1.29 is 14.9 Å². The van der Waals surface area contributed by atoms with Crippen molar-refractivity contribution in [2.24, 2.45) is 11.3 Å². The molecule has 2 rings (SSSR count). The highest BCUT2D eigenvalue weighted by Crippen LogP contribution is 2.46. The van der Waals surface area contributed by atoms with Crippen LogP contribution in [0.1, 0.15) is 32.3 Å². The van der Waals surface area contributed by atoms with Crippen LogP contribution in [0.2, 0.25) is 0 Å². The Morgan fingerprint density at radius 2 is 2.10 bits per heavy atom. The quantitative estimate of drug-likeness (QED) is 0.804. The molecule has 1 aliphatic carbocycles. The van der Waals surface area contributed by atoms with E-state index in [0.29, 0.717) is 12.2 Å². The number of benzene rings is 1. The summed E-state index contributed by atoms with van der Waals surface area (Å²) in [5, 5.41) is 20.3. The van der Waals surface area contributed by atoms with Gasteiger partial charge in [0.1, 0.15) is 11.5 Å². The van der Waals surface area contributed by atoms with Gasteiger partial charge in [0.2, 0.25) is 0 Å². The van der Waals surface area contributed by atoms with Crippen LogP contribution in [0.15, 0.2) is 28.8 Å². The number of phenols is 1. The van der Waals surface area contributed by atoms with Gasteiger partial charge < -0.3 is 14.9 Å². The van der Waals surface area contributed by atoms with Gasteiger partial charge in [-0.2, -0.15) is 0 Å². The zero-order valence-corrected chi connectivity index (χ0v) is 14.4. The van der Waals surface area contributed by atoms with Crippen LogP contribution in [0.25, 0.3) is 0 Å². The van der Waals surface area contributed by atoms with Gasteiger partial charge in [-0.1, -0.05) is 20.4 Å². The second-order valence-corrected chi connectivity index (χ2v) is 7.34. The van der Waals surface area contributed by atoms with E-state index < -0.39 is 6.10 Å². The second-order valence-electron chi connectivity index (χ2n) is 6.49. The molecule has 0 unspecified atom stereocenters. The first-order valence-electron chi connectivity index (χ1n) is 7.18. The van der Waals surface area contributed by atoms with E-state index in [1.807, 2.05) is 6.07 Å². The predicted octanol–water partition coefficient (Wildman–Crippen LogP) is 4.06. The Hall–Kier alpha value is -1.00. The average molecular weight is 355 g/mol. The monoisotopic (exact) mass is 354 g/mol. The Kier molecular flexibility index (Phi) is 4.69. The molecule has 3 nitrogen and oxygen atoms in total. The van der Waals surface area contributed by atoms with Gasteiger partial charge in [0.05, 0.1) is 17.7 Å². The molecule has 2 atom stereocenters. The fourth-order valence-electron chi connectivity index (χ4n) is 3.13. The lowest BCUT2D eigenvalue weighted by Crippen LogP contribution is -2.37. The average Bonchev–Trinajstić information content (AvgIpc) is 2.41. The number of aromatic hydroxyl groups is 1. The van der Waals surface area contributed by atoms with Gasteiger partial charge in [-0.3, -0.25) is 0 Å². The van der Waals surface area contributed by atoms with Gasteiger partial charge in [-0.25, -0.2) is 0 Å². The van der Waals surface area contributed by atoms with Gasteiger partial charge in [0, 0.05) is 0 Å². The van der Waals surface area contributed by atoms with Crippen molar-refractivity contribution in [1.82, 2.24) is 0 Å². The van der Waals surface area contributed by atoms with Crippen LogP contribution in [0.3, 0.4) is 0 Å². The molecule has 0 spiro atoms. The molecule has 0 heterocycles. The van der Waals surface area contributed by atoms with Crippen LogP contribution < -0.4 is 4.74 Å². The molecular weight excluding hydrogens is 332 g/mol. The van der Waals surface area contributed by atoms with Gasteiger partial charge in [-0.05, 0) is 69.8 Å². The molecule has 1 saturated carbocycles. The number of aliphatic hydroxyl groups excluding tert-OH is 1. The molecule has 1 aliphatic rings. The van der Waals surface area contributed by atoms with Crippen molar-refractivity contribution in [3.8, 4) is 11.5 Å². The Morgan fingerprint density at radius 1 is 1.43 bits per heavy atom. The largest absolute Gasteiger partial charge is 0.508 e. The smallest absolute Gasteiger partial charge is 0.133 e. The van der Waals surface area contributed by atoms with Crippen molar-refractivity contribution in [1.29, 1.82) is 0 Å². The first-order chi connectivity index (χ1) is 9.76. The number of ether oxygens (including phenoxy) is 1. The van der Waals surface area contributed by atoms with Crippen LogP contribution >= 0.6 is 15.9 Å². The number of phenolic OH excluding ortho intramolecular Hbond substituents is 1. The molecule has 21 heavy (non-hydrogen) atoms. The number of hydrogen-bond donors (Lipinski definition) is 2. The van der Waals surface area contributed by atoms with Gasteiger partial charge in [0.15, 0.2) is 0 Å². The lowest BCUT2D eigenvalue weighted by molar-refractivity contribution is 0.0866. The zero-order chi connectivity index (χ0) is 15.8. The Bertz CT molecular complexity index is 551. The van der Waals surface area contributed by atoms with E-state index in [2.05, 4.69) is 36.4 Å². The molecular formula is C17H23BrO3. The third-order valence-electron chi connectivity index (χ3n) is 4.66. The number of halogens is 1. The van der Waals surface area contributed by atoms with Crippen LogP contribution in [0, 0.1) is 11.3 Å². The van der Waals surface area contributed by atoms with Crippen molar-refractivity contribution in [2.45, 2.75) is 39.2 Å². The normalized spacial score (nSPS) is 24.9. The molecule has 0 bridgehead atoms. The molecule has 2 N–H and O–H groups in total. The van der Waals surface area contributed by atoms with E-state index in [4.69, 9.17) is 4.74 Å². The summed E-state index contributed by atoms with van der Waals surface area (Å²) in [6.07, 6.45) is 1.92. The van der Waals surface area contributed by atoms with Crippen LogP contribution in [0.5, 0.6) is 11.5 Å². The predicted molar refractivity (Wildman–Crippen MR) is 87.7 cm³/mol. The minimum Gasteiger partial charge on any atom is -0.508 e. The SMILES string of the molecule is C=C1[C@@H](Cc2cc(OC)c(Br)cc2O)C(C)(C)CC[C@@H]1O. The van der Waals surface area contributed by atoms with Crippen molar-refractivity contribution in [3.63, 3.8) is 0 Å². The maximum Gasteiger partial charge on any atom is 0.133 e. The Morgan fingerprint density at radius 3 is 2.71 bits per heavy atom. The number of rotatable bonds is 3. The standard InChI is InChI=1S/C17H23BrO3/c1-10-12(17(2,3)6-5-14(10)19)7-11-8-16(21-4)13(18)9-15(11)20/h8-9,12,14,19-20H,1,5-7H2,2-4H3/t12-,14+/m1/s1. The molecule has 0 radical (unpaired) electrons. The fraction of sp³-hybridized carbons (Fsp3) is 0.529. The summed E-state index contributed by atoms with van der Waals surface area (Å²) in [6.45, 7) is 8.48. The minimum absolute atomic E-state index is 0.0586.